The fourth-order valence-electron chi connectivity index (χ4n) is 2.31. The van der Waals surface area contributed by atoms with Crippen LogP contribution in [0.15, 0.2) is 42.6 Å². The lowest BCUT2D eigenvalue weighted by Crippen LogP contribution is -2.08. The van der Waals surface area contributed by atoms with Gasteiger partial charge in [-0.05, 0) is 17.2 Å². The Labute approximate surface area is 133 Å². The quantitative estimate of drug-likeness (QED) is 0.881. The van der Waals surface area contributed by atoms with Gasteiger partial charge >= 0.3 is 5.97 Å². The Bertz CT molecular complexity index is 668. The average molecular weight is 315 g/mol. The summed E-state index contributed by atoms with van der Waals surface area (Å²) in [5.41, 5.74) is 2.12. The first kappa shape index (κ1) is 15.5. The van der Waals surface area contributed by atoms with Crippen LogP contribution < -0.4 is 4.74 Å². The number of rotatable bonds is 6. The van der Waals surface area contributed by atoms with E-state index in [4.69, 9.17) is 19.3 Å². The summed E-state index contributed by atoms with van der Waals surface area (Å²) < 4.78 is 16.8. The van der Waals surface area contributed by atoms with E-state index in [2.05, 4.69) is 4.98 Å². The Kier molecular flexibility index (Phi) is 4.85. The molecule has 1 saturated heterocycles. The summed E-state index contributed by atoms with van der Waals surface area (Å²) in [6.07, 6.45) is 0.838. The molecule has 2 aromatic rings. The fourth-order valence-corrected chi connectivity index (χ4v) is 2.31. The lowest BCUT2D eigenvalue weighted by Gasteiger charge is -2.15. The highest BCUT2D eigenvalue weighted by atomic mass is 16.7. The maximum absolute atomic E-state index is 10.9. The van der Waals surface area contributed by atoms with Crippen molar-refractivity contribution in [1.82, 2.24) is 4.98 Å². The number of carboxylic acid groups (broad SMARTS) is 1. The summed E-state index contributed by atoms with van der Waals surface area (Å²) in [5.74, 6) is -0.429. The molecular formula is C17H17NO5. The highest BCUT2D eigenvalue weighted by molar-refractivity contribution is 5.70. The van der Waals surface area contributed by atoms with Crippen LogP contribution in [0.3, 0.4) is 0 Å². The van der Waals surface area contributed by atoms with Crippen LogP contribution in [0.5, 0.6) is 5.75 Å². The van der Waals surface area contributed by atoms with E-state index < -0.39 is 12.3 Å². The van der Waals surface area contributed by atoms with Crippen molar-refractivity contribution < 1.29 is 24.1 Å². The van der Waals surface area contributed by atoms with E-state index in [1.54, 1.807) is 6.07 Å². The number of aromatic nitrogens is 1. The monoisotopic (exact) mass is 315 g/mol. The summed E-state index contributed by atoms with van der Waals surface area (Å²) >= 11 is 0. The van der Waals surface area contributed by atoms with E-state index in [-0.39, 0.29) is 6.42 Å². The molecule has 2 heterocycles. The zero-order valence-electron chi connectivity index (χ0n) is 12.5. The first-order chi connectivity index (χ1) is 11.2. The summed E-state index contributed by atoms with van der Waals surface area (Å²) in [7, 11) is 0. The van der Waals surface area contributed by atoms with Gasteiger partial charge in [-0.15, -0.1) is 0 Å². The molecule has 0 atom stereocenters. The zero-order valence-corrected chi connectivity index (χ0v) is 12.5. The topological polar surface area (TPSA) is 77.9 Å². The summed E-state index contributed by atoms with van der Waals surface area (Å²) in [5, 5.41) is 8.93. The Morgan fingerprint density at radius 1 is 1.22 bits per heavy atom. The molecule has 1 aliphatic heterocycles. The van der Waals surface area contributed by atoms with Gasteiger partial charge in [-0.2, -0.15) is 0 Å². The number of carboxylic acids is 1. The molecule has 1 fully saturated rings. The number of benzene rings is 1. The van der Waals surface area contributed by atoms with E-state index >= 15 is 0 Å². The van der Waals surface area contributed by atoms with Crippen molar-refractivity contribution in [2.75, 3.05) is 13.2 Å². The van der Waals surface area contributed by atoms with Gasteiger partial charge in [0.05, 0.1) is 19.6 Å². The number of carbonyl (C=O) groups is 1. The van der Waals surface area contributed by atoms with Gasteiger partial charge < -0.3 is 19.3 Å². The van der Waals surface area contributed by atoms with Gasteiger partial charge in [0.2, 0.25) is 6.29 Å². The molecule has 1 aromatic heterocycles. The molecule has 3 rings (SSSR count). The lowest BCUT2D eigenvalue weighted by molar-refractivity contribution is -0.136. The second-order valence-corrected chi connectivity index (χ2v) is 5.15. The van der Waals surface area contributed by atoms with E-state index in [9.17, 15) is 4.79 Å². The van der Waals surface area contributed by atoms with Crippen LogP contribution in [0.4, 0.5) is 0 Å². The van der Waals surface area contributed by atoms with Gasteiger partial charge in [0.1, 0.15) is 18.1 Å². The minimum absolute atomic E-state index is 0.110. The number of hydrogen-bond acceptors (Lipinski definition) is 5. The number of hydrogen-bond donors (Lipinski definition) is 1. The Hall–Kier alpha value is -2.44. The summed E-state index contributed by atoms with van der Waals surface area (Å²) in [4.78, 5) is 15.2. The molecule has 0 bridgehead atoms. The van der Waals surface area contributed by atoms with Gasteiger partial charge in [0.25, 0.3) is 0 Å². The fraction of sp³-hybridized carbons (Fsp3) is 0.294. The molecule has 1 N–H and O–H groups in total. The van der Waals surface area contributed by atoms with Crippen molar-refractivity contribution in [2.24, 2.45) is 0 Å². The molecule has 0 saturated carbocycles. The highest BCUT2D eigenvalue weighted by Crippen LogP contribution is 2.30. The van der Waals surface area contributed by atoms with Crippen molar-refractivity contribution in [2.45, 2.75) is 19.3 Å². The SMILES string of the molecule is O=C(O)Cc1cnc(C2OCCO2)c(OCc2ccccc2)c1. The van der Waals surface area contributed by atoms with Gasteiger partial charge in [0.15, 0.2) is 0 Å². The van der Waals surface area contributed by atoms with Crippen molar-refractivity contribution >= 4 is 5.97 Å². The molecule has 1 aromatic carbocycles. The van der Waals surface area contributed by atoms with Crippen molar-refractivity contribution in [3.8, 4) is 5.75 Å². The van der Waals surface area contributed by atoms with Gasteiger partial charge in [-0.3, -0.25) is 9.78 Å². The predicted octanol–water partition coefficient (Wildman–Crippen LogP) is 2.33. The summed E-state index contributed by atoms with van der Waals surface area (Å²) in [6, 6.07) is 11.4. The summed E-state index contributed by atoms with van der Waals surface area (Å²) in [6.45, 7) is 1.36. The van der Waals surface area contributed by atoms with Gasteiger partial charge in [-0.25, -0.2) is 0 Å². The van der Waals surface area contributed by atoms with Crippen LogP contribution in [-0.4, -0.2) is 29.3 Å². The number of ether oxygens (including phenoxy) is 3. The third-order valence-corrected chi connectivity index (χ3v) is 3.38. The van der Waals surface area contributed by atoms with Crippen LogP contribution in [-0.2, 0) is 27.3 Å². The molecule has 120 valence electrons. The van der Waals surface area contributed by atoms with Crippen LogP contribution in [0.2, 0.25) is 0 Å². The van der Waals surface area contributed by atoms with E-state index in [0.717, 1.165) is 5.56 Å². The average Bonchev–Trinajstić information content (AvgIpc) is 3.08. The van der Waals surface area contributed by atoms with Crippen molar-refractivity contribution in [3.63, 3.8) is 0 Å². The molecular weight excluding hydrogens is 298 g/mol. The van der Waals surface area contributed by atoms with E-state index in [0.29, 0.717) is 36.8 Å². The highest BCUT2D eigenvalue weighted by Gasteiger charge is 2.24. The number of nitrogens with zero attached hydrogens (tertiary/aromatic N) is 1. The number of pyridine rings is 1. The molecule has 6 nitrogen and oxygen atoms in total. The van der Waals surface area contributed by atoms with Gasteiger partial charge in [0, 0.05) is 6.20 Å². The Morgan fingerprint density at radius 2 is 1.96 bits per heavy atom. The second-order valence-electron chi connectivity index (χ2n) is 5.15. The molecule has 0 unspecified atom stereocenters. The zero-order chi connectivity index (χ0) is 16.1. The van der Waals surface area contributed by atoms with Crippen molar-refractivity contribution in [3.05, 3.63) is 59.4 Å². The van der Waals surface area contributed by atoms with Crippen LogP contribution >= 0.6 is 0 Å². The van der Waals surface area contributed by atoms with Crippen molar-refractivity contribution in [1.29, 1.82) is 0 Å². The maximum atomic E-state index is 10.9. The minimum Gasteiger partial charge on any atom is -0.487 e. The van der Waals surface area contributed by atoms with Crippen LogP contribution in [0.1, 0.15) is 23.1 Å². The van der Waals surface area contributed by atoms with Crippen LogP contribution in [0.25, 0.3) is 0 Å². The van der Waals surface area contributed by atoms with E-state index in [1.165, 1.54) is 6.20 Å². The lowest BCUT2D eigenvalue weighted by atomic mass is 10.1. The molecule has 0 spiro atoms. The largest absolute Gasteiger partial charge is 0.487 e. The number of aliphatic carboxylic acids is 1. The van der Waals surface area contributed by atoms with E-state index in [1.807, 2.05) is 30.3 Å². The predicted molar refractivity (Wildman–Crippen MR) is 81.0 cm³/mol. The Balaban J connectivity index is 1.82. The molecule has 0 radical (unpaired) electrons. The van der Waals surface area contributed by atoms with Crippen LogP contribution in [0, 0.1) is 0 Å². The molecule has 23 heavy (non-hydrogen) atoms. The molecule has 6 heteroatoms. The first-order valence-electron chi connectivity index (χ1n) is 7.33. The maximum Gasteiger partial charge on any atom is 0.307 e. The molecule has 0 aliphatic carbocycles. The first-order valence-corrected chi connectivity index (χ1v) is 7.33. The molecule has 1 aliphatic rings. The normalized spacial score (nSPS) is 14.8. The minimum atomic E-state index is -0.915. The molecule has 0 amide bonds. The standard InChI is InChI=1S/C17H17NO5/c19-15(20)9-13-8-14(23-11-12-4-2-1-3-5-12)16(18-10-13)17-21-6-7-22-17/h1-5,8,10,17H,6-7,9,11H2,(H,19,20). The smallest absolute Gasteiger partial charge is 0.307 e. The van der Waals surface area contributed by atoms with Gasteiger partial charge in [-0.1, -0.05) is 30.3 Å². The third-order valence-electron chi connectivity index (χ3n) is 3.38. The second kappa shape index (κ2) is 7.21. The Morgan fingerprint density at radius 3 is 2.65 bits per heavy atom. The third kappa shape index (κ3) is 4.06.